The minimum atomic E-state index is -3.54. The Morgan fingerprint density at radius 1 is 1.10 bits per heavy atom. The number of para-hydroxylation sites is 1. The Morgan fingerprint density at radius 3 is 2.53 bits per heavy atom. The van der Waals surface area contributed by atoms with Gasteiger partial charge in [0, 0.05) is 32.4 Å². The van der Waals surface area contributed by atoms with E-state index in [1.165, 1.54) is 4.31 Å². The fourth-order valence-corrected chi connectivity index (χ4v) is 5.26. The zero-order valence-electron chi connectivity index (χ0n) is 17.5. The minimum absolute atomic E-state index is 0.293. The molecule has 3 aromatic rings. The van der Waals surface area contributed by atoms with Gasteiger partial charge in [-0.15, -0.1) is 0 Å². The first-order chi connectivity index (χ1) is 14.5. The molecular weight excluding hydrogens is 400 g/mol. The Bertz CT molecular complexity index is 1110. The van der Waals surface area contributed by atoms with Gasteiger partial charge in [-0.1, -0.05) is 25.1 Å². The van der Waals surface area contributed by atoms with Crippen LogP contribution in [0.3, 0.4) is 0 Å². The Kier molecular flexibility index (Phi) is 6.08. The second-order valence-corrected chi connectivity index (χ2v) is 9.48. The van der Waals surface area contributed by atoms with E-state index in [1.54, 1.807) is 12.1 Å². The summed E-state index contributed by atoms with van der Waals surface area (Å²) in [5.74, 6) is 0.930. The molecule has 0 amide bonds. The van der Waals surface area contributed by atoms with E-state index in [9.17, 15) is 8.42 Å². The number of benzene rings is 2. The Balaban J connectivity index is 1.69. The molecule has 0 unspecified atom stereocenters. The summed E-state index contributed by atoms with van der Waals surface area (Å²) in [6.45, 7) is 5.25. The highest BCUT2D eigenvalue weighted by Crippen LogP contribution is 2.25. The summed E-state index contributed by atoms with van der Waals surface area (Å²) in [7, 11) is -1.50. The topological polar surface area (TPSA) is 67.7 Å². The van der Waals surface area contributed by atoms with E-state index in [2.05, 4.69) is 28.5 Å². The van der Waals surface area contributed by atoms with Crippen LogP contribution >= 0.6 is 0 Å². The van der Waals surface area contributed by atoms with Gasteiger partial charge in [0.05, 0.1) is 35.7 Å². The summed E-state index contributed by atoms with van der Waals surface area (Å²) in [6.07, 6.45) is 0.974. The monoisotopic (exact) mass is 428 g/mol. The van der Waals surface area contributed by atoms with Crippen molar-refractivity contribution in [1.82, 2.24) is 13.9 Å². The first-order valence-electron chi connectivity index (χ1n) is 10.3. The van der Waals surface area contributed by atoms with Crippen molar-refractivity contribution in [1.29, 1.82) is 0 Å². The maximum absolute atomic E-state index is 13.0. The van der Waals surface area contributed by atoms with Crippen molar-refractivity contribution in [3.8, 4) is 0 Å². The number of rotatable bonds is 7. The molecule has 7 nitrogen and oxygen atoms in total. The molecule has 0 spiro atoms. The third kappa shape index (κ3) is 4.08. The van der Waals surface area contributed by atoms with Crippen LogP contribution in [0.1, 0.15) is 19.2 Å². The number of aromatic nitrogens is 2. The third-order valence-electron chi connectivity index (χ3n) is 5.43. The largest absolute Gasteiger partial charge is 0.379 e. The van der Waals surface area contributed by atoms with E-state index >= 15 is 0 Å². The number of morpholine rings is 1. The first-order valence-corrected chi connectivity index (χ1v) is 11.8. The summed E-state index contributed by atoms with van der Waals surface area (Å²) in [5, 5.41) is 0. The number of nitrogens with zero attached hydrogens (tertiary/aromatic N) is 4. The van der Waals surface area contributed by atoms with Crippen LogP contribution in [0.25, 0.3) is 11.0 Å². The smallest absolute Gasteiger partial charge is 0.243 e. The van der Waals surface area contributed by atoms with Crippen LogP contribution in [0.2, 0.25) is 0 Å². The maximum Gasteiger partial charge on any atom is 0.243 e. The minimum Gasteiger partial charge on any atom is -0.379 e. The van der Waals surface area contributed by atoms with Crippen molar-refractivity contribution in [3.05, 3.63) is 54.4 Å². The van der Waals surface area contributed by atoms with Gasteiger partial charge in [-0.2, -0.15) is 4.31 Å². The quantitative estimate of drug-likeness (QED) is 0.578. The van der Waals surface area contributed by atoms with Crippen molar-refractivity contribution in [2.45, 2.75) is 31.3 Å². The summed E-state index contributed by atoms with van der Waals surface area (Å²) in [6, 6.07) is 15.5. The van der Waals surface area contributed by atoms with Crippen molar-refractivity contribution in [3.63, 3.8) is 0 Å². The van der Waals surface area contributed by atoms with Gasteiger partial charge in [0.15, 0.2) is 0 Å². The fraction of sp³-hybridized carbons (Fsp3) is 0.409. The van der Waals surface area contributed by atoms with Crippen LogP contribution in [0.5, 0.6) is 0 Å². The van der Waals surface area contributed by atoms with Gasteiger partial charge >= 0.3 is 0 Å². The predicted octanol–water partition coefficient (Wildman–Crippen LogP) is 3.10. The number of hydrogen-bond donors (Lipinski definition) is 0. The van der Waals surface area contributed by atoms with Crippen LogP contribution < -0.4 is 4.90 Å². The lowest BCUT2D eigenvalue weighted by molar-refractivity contribution is 0.0730. The average molecular weight is 429 g/mol. The molecule has 0 saturated carbocycles. The molecule has 0 N–H and O–H groups in total. The predicted molar refractivity (Wildman–Crippen MR) is 118 cm³/mol. The number of anilines is 1. The molecule has 0 radical (unpaired) electrons. The number of sulfonamides is 1. The molecule has 2 aromatic carbocycles. The lowest BCUT2D eigenvalue weighted by Gasteiger charge is -2.26. The van der Waals surface area contributed by atoms with E-state index in [1.807, 2.05) is 31.3 Å². The molecule has 1 saturated heterocycles. The Morgan fingerprint density at radius 2 is 1.83 bits per heavy atom. The van der Waals surface area contributed by atoms with Crippen molar-refractivity contribution >= 4 is 26.7 Å². The Hall–Kier alpha value is -2.42. The van der Waals surface area contributed by atoms with Crippen molar-refractivity contribution in [2.75, 3.05) is 38.3 Å². The highest BCUT2D eigenvalue weighted by atomic mass is 32.2. The van der Waals surface area contributed by atoms with Gasteiger partial charge in [0.2, 0.25) is 10.0 Å². The van der Waals surface area contributed by atoms with Crippen LogP contribution in [-0.4, -0.2) is 55.6 Å². The van der Waals surface area contributed by atoms with Crippen molar-refractivity contribution in [2.24, 2.45) is 0 Å². The molecule has 1 fully saturated rings. The lowest BCUT2D eigenvalue weighted by Crippen LogP contribution is -2.40. The molecule has 30 heavy (non-hydrogen) atoms. The van der Waals surface area contributed by atoms with E-state index < -0.39 is 10.0 Å². The van der Waals surface area contributed by atoms with Gasteiger partial charge in [0.1, 0.15) is 5.82 Å². The maximum atomic E-state index is 13.0. The van der Waals surface area contributed by atoms with Gasteiger partial charge in [-0.3, -0.25) is 0 Å². The van der Waals surface area contributed by atoms with E-state index in [-0.39, 0.29) is 0 Å². The first kappa shape index (κ1) is 20.8. The molecule has 1 aliphatic heterocycles. The molecule has 1 aliphatic rings. The van der Waals surface area contributed by atoms with Crippen LogP contribution in [0, 0.1) is 0 Å². The average Bonchev–Trinajstić information content (AvgIpc) is 3.11. The molecule has 2 heterocycles. The SMILES string of the molecule is CCCn1c(CN(C)c2ccccc2)nc2cc(S(=O)(=O)N3CCOCC3)ccc21. The molecule has 160 valence electrons. The zero-order valence-corrected chi connectivity index (χ0v) is 18.3. The molecule has 8 heteroatoms. The van der Waals surface area contributed by atoms with E-state index in [0.717, 1.165) is 30.0 Å². The van der Waals surface area contributed by atoms with E-state index in [4.69, 9.17) is 9.72 Å². The van der Waals surface area contributed by atoms with Crippen LogP contribution in [0.15, 0.2) is 53.4 Å². The lowest BCUT2D eigenvalue weighted by atomic mass is 10.3. The van der Waals surface area contributed by atoms with Gasteiger partial charge in [-0.25, -0.2) is 13.4 Å². The van der Waals surface area contributed by atoms with Gasteiger partial charge in [-0.05, 0) is 36.8 Å². The zero-order chi connectivity index (χ0) is 21.1. The molecular formula is C22H28N4O3S. The summed E-state index contributed by atoms with van der Waals surface area (Å²) in [4.78, 5) is 7.27. The standard InChI is InChI=1S/C22H28N4O3S/c1-3-11-26-21-10-9-19(30(27,28)25-12-14-29-15-13-25)16-20(21)23-22(26)17-24(2)18-7-5-4-6-8-18/h4-10,16H,3,11-15,17H2,1-2H3. The number of fused-ring (bicyclic) bond motifs is 1. The summed E-state index contributed by atoms with van der Waals surface area (Å²) in [5.41, 5.74) is 2.80. The van der Waals surface area contributed by atoms with Crippen LogP contribution in [0.4, 0.5) is 5.69 Å². The number of hydrogen-bond acceptors (Lipinski definition) is 5. The van der Waals surface area contributed by atoms with Gasteiger partial charge < -0.3 is 14.2 Å². The summed E-state index contributed by atoms with van der Waals surface area (Å²) < 4.78 is 35.1. The highest BCUT2D eigenvalue weighted by molar-refractivity contribution is 7.89. The molecule has 0 atom stereocenters. The van der Waals surface area contributed by atoms with Crippen LogP contribution in [-0.2, 0) is 27.8 Å². The highest BCUT2D eigenvalue weighted by Gasteiger charge is 2.27. The second kappa shape index (κ2) is 8.75. The van der Waals surface area contributed by atoms with Crippen molar-refractivity contribution < 1.29 is 13.2 Å². The number of aryl methyl sites for hydroxylation is 1. The number of imidazole rings is 1. The molecule has 0 aliphatic carbocycles. The summed E-state index contributed by atoms with van der Waals surface area (Å²) >= 11 is 0. The normalized spacial score (nSPS) is 15.5. The van der Waals surface area contributed by atoms with Gasteiger partial charge in [0.25, 0.3) is 0 Å². The Labute approximate surface area is 177 Å². The fourth-order valence-electron chi connectivity index (χ4n) is 3.84. The molecule has 0 bridgehead atoms. The molecule has 4 rings (SSSR count). The number of ether oxygens (including phenoxy) is 1. The second-order valence-electron chi connectivity index (χ2n) is 7.54. The van der Waals surface area contributed by atoms with E-state index in [0.29, 0.717) is 43.3 Å². The molecule has 1 aromatic heterocycles. The third-order valence-corrected chi connectivity index (χ3v) is 7.32.